The van der Waals surface area contributed by atoms with Crippen molar-refractivity contribution in [2.75, 3.05) is 12.3 Å². The predicted octanol–water partition coefficient (Wildman–Crippen LogP) is 1.47. The highest BCUT2D eigenvalue weighted by Crippen LogP contribution is 2.24. The molecule has 0 bridgehead atoms. The van der Waals surface area contributed by atoms with Crippen molar-refractivity contribution in [1.82, 2.24) is 4.72 Å². The van der Waals surface area contributed by atoms with Crippen LogP contribution in [0.5, 0.6) is 0 Å². The minimum absolute atomic E-state index is 0.108. The van der Waals surface area contributed by atoms with Gasteiger partial charge < -0.3 is 10.8 Å². The molecule has 0 aliphatic heterocycles. The minimum atomic E-state index is -3.68. The van der Waals surface area contributed by atoms with E-state index in [0.717, 1.165) is 0 Å². The normalized spacial score (nSPS) is 15.3. The van der Waals surface area contributed by atoms with E-state index in [4.69, 9.17) is 5.73 Å². The Balaban J connectivity index is 3.10. The van der Waals surface area contributed by atoms with E-state index in [1.807, 2.05) is 0 Å². The highest BCUT2D eigenvalue weighted by atomic mass is 79.9. The molecule has 1 atom stereocenters. The van der Waals surface area contributed by atoms with Crippen LogP contribution in [0.3, 0.4) is 0 Å². The van der Waals surface area contributed by atoms with Gasteiger partial charge in [0.1, 0.15) is 0 Å². The van der Waals surface area contributed by atoms with Crippen LogP contribution in [0, 0.1) is 0 Å². The highest BCUT2D eigenvalue weighted by Gasteiger charge is 2.28. The maximum absolute atomic E-state index is 12.1. The summed E-state index contributed by atoms with van der Waals surface area (Å²) in [6, 6.07) is 4.38. The first-order valence-electron chi connectivity index (χ1n) is 5.44. The molecule has 102 valence electrons. The third-order valence-corrected chi connectivity index (χ3v) is 5.12. The van der Waals surface area contributed by atoms with Crippen molar-refractivity contribution >= 4 is 31.6 Å². The molecule has 5 nitrogen and oxygen atoms in total. The van der Waals surface area contributed by atoms with Crippen molar-refractivity contribution in [3.63, 3.8) is 0 Å². The first kappa shape index (κ1) is 15.4. The first-order chi connectivity index (χ1) is 8.24. The van der Waals surface area contributed by atoms with Gasteiger partial charge in [-0.2, -0.15) is 0 Å². The van der Waals surface area contributed by atoms with Crippen LogP contribution in [-0.4, -0.2) is 25.7 Å². The van der Waals surface area contributed by atoms with Gasteiger partial charge in [0.25, 0.3) is 0 Å². The van der Waals surface area contributed by atoms with Gasteiger partial charge in [0.15, 0.2) is 0 Å². The van der Waals surface area contributed by atoms with E-state index < -0.39 is 15.6 Å². The molecule has 1 aromatic carbocycles. The Bertz CT molecular complexity index is 527. The molecule has 1 aromatic rings. The van der Waals surface area contributed by atoms with Gasteiger partial charge >= 0.3 is 0 Å². The number of nitrogens with one attached hydrogen (secondary N) is 1. The zero-order valence-electron chi connectivity index (χ0n) is 10.3. The van der Waals surface area contributed by atoms with E-state index in [1.54, 1.807) is 13.8 Å². The number of benzene rings is 1. The lowest BCUT2D eigenvalue weighted by Crippen LogP contribution is -2.48. The molecule has 1 unspecified atom stereocenters. The van der Waals surface area contributed by atoms with Gasteiger partial charge in [-0.15, -0.1) is 0 Å². The fraction of sp³-hybridized carbons (Fsp3) is 0.455. The second kappa shape index (κ2) is 5.56. The lowest BCUT2D eigenvalue weighted by atomic mass is 10.0. The van der Waals surface area contributed by atoms with E-state index in [0.29, 0.717) is 16.6 Å². The number of aliphatic hydroxyl groups is 1. The number of aliphatic hydroxyl groups excluding tert-OH is 1. The molecule has 0 saturated carbocycles. The second-order valence-corrected chi connectivity index (χ2v) is 6.90. The minimum Gasteiger partial charge on any atom is -0.398 e. The number of halogens is 1. The number of hydrogen-bond donors (Lipinski definition) is 3. The molecule has 18 heavy (non-hydrogen) atoms. The Hall–Kier alpha value is -0.630. The number of anilines is 1. The van der Waals surface area contributed by atoms with Gasteiger partial charge in [-0.3, -0.25) is 0 Å². The molecule has 0 spiro atoms. The largest absolute Gasteiger partial charge is 0.398 e. The van der Waals surface area contributed by atoms with E-state index >= 15 is 0 Å². The number of sulfonamides is 1. The smallest absolute Gasteiger partial charge is 0.241 e. The van der Waals surface area contributed by atoms with Gasteiger partial charge in [0.05, 0.1) is 17.0 Å². The SMILES string of the molecule is CCC(C)(CO)NS(=O)(=O)c1ccc(N)c(Br)c1. The van der Waals surface area contributed by atoms with Crippen molar-refractivity contribution in [2.24, 2.45) is 0 Å². The van der Waals surface area contributed by atoms with Crippen LogP contribution < -0.4 is 10.5 Å². The average molecular weight is 337 g/mol. The Labute approximate surface area is 116 Å². The molecule has 1 rings (SSSR count). The maximum atomic E-state index is 12.1. The molecule has 0 fully saturated rings. The lowest BCUT2D eigenvalue weighted by molar-refractivity contribution is 0.191. The summed E-state index contributed by atoms with van der Waals surface area (Å²) >= 11 is 3.19. The predicted molar refractivity (Wildman–Crippen MR) is 74.7 cm³/mol. The Kier molecular flexibility index (Phi) is 4.77. The Morgan fingerprint density at radius 2 is 2.11 bits per heavy atom. The van der Waals surface area contributed by atoms with E-state index in [9.17, 15) is 13.5 Å². The molecule has 0 saturated heterocycles. The second-order valence-electron chi connectivity index (χ2n) is 4.36. The fourth-order valence-corrected chi connectivity index (χ4v) is 3.30. The quantitative estimate of drug-likeness (QED) is 0.710. The summed E-state index contributed by atoms with van der Waals surface area (Å²) in [6.45, 7) is 3.19. The molecule has 0 radical (unpaired) electrons. The molecule has 0 aliphatic carbocycles. The summed E-state index contributed by atoms with van der Waals surface area (Å²) in [4.78, 5) is 0.108. The van der Waals surface area contributed by atoms with Crippen LogP contribution in [0.2, 0.25) is 0 Å². The summed E-state index contributed by atoms with van der Waals surface area (Å²) in [6.07, 6.45) is 0.485. The Morgan fingerprint density at radius 1 is 1.50 bits per heavy atom. The molecule has 4 N–H and O–H groups in total. The first-order valence-corrected chi connectivity index (χ1v) is 7.71. The topological polar surface area (TPSA) is 92.4 Å². The summed E-state index contributed by atoms with van der Waals surface area (Å²) in [5, 5.41) is 9.24. The lowest BCUT2D eigenvalue weighted by Gasteiger charge is -2.26. The van der Waals surface area contributed by atoms with E-state index in [1.165, 1.54) is 18.2 Å². The summed E-state index contributed by atoms with van der Waals surface area (Å²) < 4.78 is 27.3. The molecule has 0 amide bonds. The standard InChI is InChI=1S/C11H17BrN2O3S/c1-3-11(2,7-15)14-18(16,17)8-4-5-10(13)9(12)6-8/h4-6,14-15H,3,7,13H2,1-2H3. The monoisotopic (exact) mass is 336 g/mol. The van der Waals surface area contributed by atoms with Gasteiger partial charge in [-0.1, -0.05) is 6.92 Å². The van der Waals surface area contributed by atoms with Crippen molar-refractivity contribution < 1.29 is 13.5 Å². The van der Waals surface area contributed by atoms with Crippen LogP contribution in [0.4, 0.5) is 5.69 Å². The van der Waals surface area contributed by atoms with Crippen LogP contribution in [-0.2, 0) is 10.0 Å². The summed E-state index contributed by atoms with van der Waals surface area (Å²) in [5.41, 5.74) is 5.21. The maximum Gasteiger partial charge on any atom is 0.241 e. The Morgan fingerprint density at radius 3 is 2.56 bits per heavy atom. The fourth-order valence-electron chi connectivity index (χ4n) is 1.27. The third kappa shape index (κ3) is 3.44. The summed E-state index contributed by atoms with van der Waals surface area (Å²) in [7, 11) is -3.68. The van der Waals surface area contributed by atoms with Gasteiger partial charge in [0, 0.05) is 10.2 Å². The average Bonchev–Trinajstić information content (AvgIpc) is 2.32. The van der Waals surface area contributed by atoms with E-state index in [-0.39, 0.29) is 11.5 Å². The van der Waals surface area contributed by atoms with Crippen molar-refractivity contribution in [3.05, 3.63) is 22.7 Å². The number of nitrogen functional groups attached to an aromatic ring is 1. The molecule has 0 heterocycles. The molecular weight excluding hydrogens is 320 g/mol. The van der Waals surface area contributed by atoms with E-state index in [2.05, 4.69) is 20.7 Å². The number of hydrogen-bond acceptors (Lipinski definition) is 4. The van der Waals surface area contributed by atoms with Crippen LogP contribution >= 0.6 is 15.9 Å². The molecular formula is C11H17BrN2O3S. The van der Waals surface area contributed by atoms with Gasteiger partial charge in [-0.05, 0) is 47.5 Å². The van der Waals surface area contributed by atoms with Crippen molar-refractivity contribution in [3.8, 4) is 0 Å². The van der Waals surface area contributed by atoms with Gasteiger partial charge in [0.2, 0.25) is 10.0 Å². The summed E-state index contributed by atoms with van der Waals surface area (Å²) in [5.74, 6) is 0. The van der Waals surface area contributed by atoms with Crippen LogP contribution in [0.1, 0.15) is 20.3 Å². The molecule has 7 heteroatoms. The zero-order valence-corrected chi connectivity index (χ0v) is 12.7. The van der Waals surface area contributed by atoms with Crippen molar-refractivity contribution in [2.45, 2.75) is 30.7 Å². The molecule has 0 aliphatic rings. The third-order valence-electron chi connectivity index (χ3n) is 2.79. The van der Waals surface area contributed by atoms with Crippen LogP contribution in [0.25, 0.3) is 0 Å². The van der Waals surface area contributed by atoms with Crippen LogP contribution in [0.15, 0.2) is 27.6 Å². The number of rotatable bonds is 5. The highest BCUT2D eigenvalue weighted by molar-refractivity contribution is 9.10. The van der Waals surface area contributed by atoms with Crippen molar-refractivity contribution in [1.29, 1.82) is 0 Å². The number of nitrogens with two attached hydrogens (primary N) is 1. The van der Waals surface area contributed by atoms with Gasteiger partial charge in [-0.25, -0.2) is 13.1 Å². The zero-order chi connectivity index (χ0) is 14.0. The molecule has 0 aromatic heterocycles.